The molecule has 0 N–H and O–H groups in total. The summed E-state index contributed by atoms with van der Waals surface area (Å²) in [5, 5.41) is 0. The number of ketones is 1. The number of hydrogen-bond acceptors (Lipinski definition) is 2. The second-order valence-electron chi connectivity index (χ2n) is 5.24. The summed E-state index contributed by atoms with van der Waals surface area (Å²) in [6.07, 6.45) is 4.13. The molecule has 2 atom stereocenters. The minimum atomic E-state index is -2.83. The van der Waals surface area contributed by atoms with E-state index in [0.29, 0.717) is 11.5 Å². The smallest absolute Gasteiger partial charge is 0.387 e. The standard InChI is InChI=1S/C15H18F2O2/c1-10-3-2-4-12(9-10)14(18)11-5-7-13(8-6-11)19-15(16)17/h5-8,10,12,15H,2-4,9H2,1H3. The number of rotatable bonds is 4. The summed E-state index contributed by atoms with van der Waals surface area (Å²) in [4.78, 5) is 12.3. The molecule has 0 radical (unpaired) electrons. The highest BCUT2D eigenvalue weighted by Gasteiger charge is 2.25. The number of ether oxygens (including phenoxy) is 1. The molecule has 0 heterocycles. The summed E-state index contributed by atoms with van der Waals surface area (Å²) in [7, 11) is 0. The number of carbonyl (C=O) groups excluding carboxylic acids is 1. The number of alkyl halides is 2. The number of halogens is 2. The Morgan fingerprint density at radius 3 is 2.53 bits per heavy atom. The Labute approximate surface area is 111 Å². The third-order valence-corrected chi connectivity index (χ3v) is 3.67. The normalized spacial score (nSPS) is 23.4. The van der Waals surface area contributed by atoms with Gasteiger partial charge in [0.2, 0.25) is 0 Å². The van der Waals surface area contributed by atoms with Crippen molar-refractivity contribution < 1.29 is 18.3 Å². The highest BCUT2D eigenvalue weighted by molar-refractivity contribution is 5.98. The summed E-state index contributed by atoms with van der Waals surface area (Å²) < 4.78 is 28.3. The number of benzene rings is 1. The van der Waals surface area contributed by atoms with E-state index in [1.54, 1.807) is 12.1 Å². The Bertz CT molecular complexity index is 428. The molecule has 1 aliphatic rings. The molecule has 2 unspecified atom stereocenters. The van der Waals surface area contributed by atoms with Gasteiger partial charge in [-0.3, -0.25) is 4.79 Å². The van der Waals surface area contributed by atoms with Crippen LogP contribution in [0.25, 0.3) is 0 Å². The first-order valence-corrected chi connectivity index (χ1v) is 6.65. The molecule has 1 saturated carbocycles. The van der Waals surface area contributed by atoms with Gasteiger partial charge in [0.1, 0.15) is 5.75 Å². The first kappa shape index (κ1) is 14.0. The van der Waals surface area contributed by atoms with E-state index in [0.717, 1.165) is 19.3 Å². The van der Waals surface area contributed by atoms with Gasteiger partial charge in [0.05, 0.1) is 0 Å². The predicted octanol–water partition coefficient (Wildman–Crippen LogP) is 4.30. The van der Waals surface area contributed by atoms with Crippen molar-refractivity contribution in [2.24, 2.45) is 11.8 Å². The molecule has 0 aliphatic heterocycles. The number of hydrogen-bond donors (Lipinski definition) is 0. The zero-order valence-electron chi connectivity index (χ0n) is 10.9. The maximum Gasteiger partial charge on any atom is 0.387 e. The second kappa shape index (κ2) is 6.13. The largest absolute Gasteiger partial charge is 0.435 e. The maximum absolute atomic E-state index is 12.3. The van der Waals surface area contributed by atoms with Crippen molar-refractivity contribution >= 4 is 5.78 Å². The van der Waals surface area contributed by atoms with Crippen LogP contribution in [0, 0.1) is 11.8 Å². The molecule has 0 saturated heterocycles. The highest BCUT2D eigenvalue weighted by atomic mass is 19.3. The van der Waals surface area contributed by atoms with Gasteiger partial charge >= 0.3 is 6.61 Å². The van der Waals surface area contributed by atoms with Crippen molar-refractivity contribution in [3.8, 4) is 5.75 Å². The first-order chi connectivity index (χ1) is 9.06. The van der Waals surface area contributed by atoms with Crippen LogP contribution in [0.5, 0.6) is 5.75 Å². The van der Waals surface area contributed by atoms with E-state index in [2.05, 4.69) is 11.7 Å². The van der Waals surface area contributed by atoms with Crippen LogP contribution in [0.2, 0.25) is 0 Å². The Morgan fingerprint density at radius 1 is 1.26 bits per heavy atom. The molecule has 1 aromatic carbocycles. The van der Waals surface area contributed by atoms with Gasteiger partial charge in [-0.05, 0) is 43.0 Å². The zero-order valence-corrected chi connectivity index (χ0v) is 10.9. The van der Waals surface area contributed by atoms with Gasteiger partial charge in [-0.2, -0.15) is 8.78 Å². The number of Topliss-reactive ketones (excluding diaryl/α,β-unsaturated/α-hetero) is 1. The van der Waals surface area contributed by atoms with Gasteiger partial charge in [-0.25, -0.2) is 0 Å². The van der Waals surface area contributed by atoms with E-state index in [-0.39, 0.29) is 17.5 Å². The molecule has 1 aromatic rings. The zero-order chi connectivity index (χ0) is 13.8. The van der Waals surface area contributed by atoms with Gasteiger partial charge in [-0.15, -0.1) is 0 Å². The monoisotopic (exact) mass is 268 g/mol. The minimum Gasteiger partial charge on any atom is -0.435 e. The quantitative estimate of drug-likeness (QED) is 0.761. The van der Waals surface area contributed by atoms with Crippen molar-refractivity contribution in [2.75, 3.05) is 0 Å². The van der Waals surface area contributed by atoms with Crippen LogP contribution in [-0.4, -0.2) is 12.4 Å². The second-order valence-corrected chi connectivity index (χ2v) is 5.24. The van der Waals surface area contributed by atoms with E-state index < -0.39 is 6.61 Å². The molecule has 2 rings (SSSR count). The van der Waals surface area contributed by atoms with Gasteiger partial charge in [-0.1, -0.05) is 19.8 Å². The molecular formula is C15H18F2O2. The lowest BCUT2D eigenvalue weighted by molar-refractivity contribution is -0.0498. The van der Waals surface area contributed by atoms with Gasteiger partial charge in [0.15, 0.2) is 5.78 Å². The van der Waals surface area contributed by atoms with Gasteiger partial charge in [0.25, 0.3) is 0 Å². The van der Waals surface area contributed by atoms with E-state index in [1.165, 1.54) is 18.6 Å². The van der Waals surface area contributed by atoms with E-state index in [1.807, 2.05) is 0 Å². The molecule has 0 aromatic heterocycles. The van der Waals surface area contributed by atoms with Crippen LogP contribution in [0.3, 0.4) is 0 Å². The lowest BCUT2D eigenvalue weighted by Crippen LogP contribution is -2.21. The molecule has 0 bridgehead atoms. The Hall–Kier alpha value is -1.45. The molecular weight excluding hydrogens is 250 g/mol. The molecule has 2 nitrogen and oxygen atoms in total. The Kier molecular flexibility index (Phi) is 4.51. The fraction of sp³-hybridized carbons (Fsp3) is 0.533. The third-order valence-electron chi connectivity index (χ3n) is 3.67. The molecule has 4 heteroatoms. The fourth-order valence-electron chi connectivity index (χ4n) is 2.71. The lowest BCUT2D eigenvalue weighted by Gasteiger charge is -2.25. The minimum absolute atomic E-state index is 0.0746. The topological polar surface area (TPSA) is 26.3 Å². The van der Waals surface area contributed by atoms with Crippen LogP contribution < -0.4 is 4.74 Å². The maximum atomic E-state index is 12.3. The summed E-state index contributed by atoms with van der Waals surface area (Å²) >= 11 is 0. The molecule has 104 valence electrons. The average molecular weight is 268 g/mol. The fourth-order valence-corrected chi connectivity index (χ4v) is 2.71. The van der Waals surface area contributed by atoms with Crippen LogP contribution in [0.4, 0.5) is 8.78 Å². The average Bonchev–Trinajstić information content (AvgIpc) is 2.38. The SMILES string of the molecule is CC1CCCC(C(=O)c2ccc(OC(F)F)cc2)C1. The Balaban J connectivity index is 2.02. The molecule has 0 spiro atoms. The molecule has 0 amide bonds. The van der Waals surface area contributed by atoms with Crippen LogP contribution in [-0.2, 0) is 0 Å². The summed E-state index contributed by atoms with van der Waals surface area (Å²) in [5.41, 5.74) is 0.584. The highest BCUT2D eigenvalue weighted by Crippen LogP contribution is 2.31. The summed E-state index contributed by atoms with van der Waals surface area (Å²) in [6, 6.07) is 5.98. The molecule has 1 aliphatic carbocycles. The van der Waals surface area contributed by atoms with Gasteiger partial charge in [0, 0.05) is 11.5 Å². The van der Waals surface area contributed by atoms with Crippen LogP contribution >= 0.6 is 0 Å². The Morgan fingerprint density at radius 2 is 1.95 bits per heavy atom. The van der Waals surface area contributed by atoms with E-state index in [9.17, 15) is 13.6 Å². The third kappa shape index (κ3) is 3.75. The lowest BCUT2D eigenvalue weighted by atomic mass is 9.79. The van der Waals surface area contributed by atoms with Crippen LogP contribution in [0.1, 0.15) is 43.0 Å². The van der Waals surface area contributed by atoms with Crippen molar-refractivity contribution in [2.45, 2.75) is 39.2 Å². The number of carbonyl (C=O) groups is 1. The summed E-state index contributed by atoms with van der Waals surface area (Å²) in [5.74, 6) is 0.869. The van der Waals surface area contributed by atoms with E-state index in [4.69, 9.17) is 0 Å². The van der Waals surface area contributed by atoms with Crippen molar-refractivity contribution in [1.29, 1.82) is 0 Å². The molecule has 1 fully saturated rings. The molecule has 19 heavy (non-hydrogen) atoms. The van der Waals surface area contributed by atoms with Crippen LogP contribution in [0.15, 0.2) is 24.3 Å². The van der Waals surface area contributed by atoms with E-state index >= 15 is 0 Å². The first-order valence-electron chi connectivity index (χ1n) is 6.65. The van der Waals surface area contributed by atoms with Crippen molar-refractivity contribution in [3.05, 3.63) is 29.8 Å². The predicted molar refractivity (Wildman–Crippen MR) is 68.5 cm³/mol. The van der Waals surface area contributed by atoms with Crippen molar-refractivity contribution in [1.82, 2.24) is 0 Å². The van der Waals surface area contributed by atoms with Gasteiger partial charge < -0.3 is 4.74 Å². The summed E-state index contributed by atoms with van der Waals surface area (Å²) in [6.45, 7) is -0.667. The van der Waals surface area contributed by atoms with Crippen molar-refractivity contribution in [3.63, 3.8) is 0 Å².